The molecule has 0 radical (unpaired) electrons. The number of rotatable bonds is 7. The molecule has 0 aliphatic rings. The molecule has 0 heterocycles. The second kappa shape index (κ2) is 7.68. The van der Waals surface area contributed by atoms with Crippen LogP contribution in [0.5, 0.6) is 11.5 Å². The number of hydrogen-bond acceptors (Lipinski definition) is 4. The van der Waals surface area contributed by atoms with Gasteiger partial charge in [0, 0.05) is 0 Å². The number of phenols is 2. The molecular weight excluding hydrogens is 262 g/mol. The molecule has 0 unspecified atom stereocenters. The molecule has 0 saturated carbocycles. The monoisotopic (exact) mass is 283 g/mol. The van der Waals surface area contributed by atoms with E-state index in [-0.39, 0.29) is 22.3 Å². The number of thiocarbonyl (C=S) groups is 1. The molecule has 0 bridgehead atoms. The van der Waals surface area contributed by atoms with Crippen LogP contribution in [0.3, 0.4) is 0 Å². The molecule has 6 heteroatoms. The predicted octanol–water partition coefficient (Wildman–Crippen LogP) is 2.38. The minimum Gasteiger partial charge on any atom is -0.506 e. The largest absolute Gasteiger partial charge is 0.506 e. The fourth-order valence-electron chi connectivity index (χ4n) is 1.81. The molecule has 6 N–H and O–H groups in total. The molecule has 1 rings (SSSR count). The maximum atomic E-state index is 10.1. The summed E-state index contributed by atoms with van der Waals surface area (Å²) >= 11 is 4.65. The molecule has 1 aromatic rings. The lowest BCUT2D eigenvalue weighted by molar-refractivity contribution is 0.448. The van der Waals surface area contributed by atoms with Gasteiger partial charge < -0.3 is 15.9 Å². The van der Waals surface area contributed by atoms with Crippen molar-refractivity contribution in [3.05, 3.63) is 17.7 Å². The summed E-state index contributed by atoms with van der Waals surface area (Å²) in [5, 5.41) is 19.8. The van der Waals surface area contributed by atoms with Gasteiger partial charge in [-0.25, -0.2) is 0 Å². The van der Waals surface area contributed by atoms with Gasteiger partial charge in [0.05, 0.1) is 0 Å². The van der Waals surface area contributed by atoms with E-state index in [4.69, 9.17) is 5.73 Å². The van der Waals surface area contributed by atoms with E-state index in [1.54, 1.807) is 12.1 Å². The summed E-state index contributed by atoms with van der Waals surface area (Å²) in [7, 11) is 0. The molecule has 0 fully saturated rings. The number of nitrogens with two attached hydrogens (primary N) is 1. The fraction of sp³-hybridized carbons (Fsp3) is 0.462. The van der Waals surface area contributed by atoms with Crippen LogP contribution in [0.25, 0.3) is 0 Å². The Morgan fingerprint density at radius 2 is 2.00 bits per heavy atom. The molecule has 106 valence electrons. The van der Waals surface area contributed by atoms with Gasteiger partial charge in [-0.05, 0) is 36.7 Å². The fourth-order valence-corrected chi connectivity index (χ4v) is 1.87. The maximum absolute atomic E-state index is 10.1. The van der Waals surface area contributed by atoms with Gasteiger partial charge in [-0.2, -0.15) is 0 Å². The van der Waals surface area contributed by atoms with Crippen molar-refractivity contribution < 1.29 is 10.2 Å². The topological polar surface area (TPSA) is 90.5 Å². The number of benzene rings is 1. The van der Waals surface area contributed by atoms with E-state index in [9.17, 15) is 10.2 Å². The first kappa shape index (κ1) is 15.4. The Bertz CT molecular complexity index is 438. The molecule has 0 saturated heterocycles. The molecule has 0 spiro atoms. The highest BCUT2D eigenvalue weighted by Gasteiger charge is 2.11. The van der Waals surface area contributed by atoms with Gasteiger partial charge in [0.2, 0.25) is 0 Å². The summed E-state index contributed by atoms with van der Waals surface area (Å²) in [6.07, 6.45) is 5.27. The molecule has 0 aliphatic carbocycles. The molecular formula is C13H21N3O2S. The van der Waals surface area contributed by atoms with Crippen LogP contribution in [0.2, 0.25) is 0 Å². The van der Waals surface area contributed by atoms with E-state index in [1.165, 1.54) is 12.8 Å². The molecule has 19 heavy (non-hydrogen) atoms. The second-order valence-corrected chi connectivity index (χ2v) is 4.83. The molecule has 0 aromatic heterocycles. The summed E-state index contributed by atoms with van der Waals surface area (Å²) in [5.74, 6) is -0.0289. The molecule has 0 aliphatic heterocycles. The second-order valence-electron chi connectivity index (χ2n) is 4.39. The smallest absolute Gasteiger partial charge is 0.182 e. The Kier molecular flexibility index (Phi) is 6.21. The van der Waals surface area contributed by atoms with Crippen molar-refractivity contribution in [3.63, 3.8) is 0 Å². The Morgan fingerprint density at radius 3 is 2.63 bits per heavy atom. The van der Waals surface area contributed by atoms with Crippen LogP contribution in [0.1, 0.15) is 38.2 Å². The van der Waals surface area contributed by atoms with Crippen LogP contribution in [-0.4, -0.2) is 15.3 Å². The average Bonchev–Trinajstić information content (AvgIpc) is 2.36. The number of hydrazine groups is 1. The highest BCUT2D eigenvalue weighted by Crippen LogP contribution is 2.36. The third-order valence-corrected chi connectivity index (χ3v) is 2.95. The third kappa shape index (κ3) is 4.82. The first-order valence-electron chi connectivity index (χ1n) is 6.41. The quantitative estimate of drug-likeness (QED) is 0.228. The summed E-state index contributed by atoms with van der Waals surface area (Å²) in [6, 6.07) is 3.26. The van der Waals surface area contributed by atoms with Crippen molar-refractivity contribution >= 4 is 23.0 Å². The lowest BCUT2D eigenvalue weighted by atomic mass is 10.0. The molecule has 1 aromatic carbocycles. The van der Waals surface area contributed by atoms with Crippen LogP contribution in [0.15, 0.2) is 12.1 Å². The Labute approximate surface area is 118 Å². The van der Waals surface area contributed by atoms with Gasteiger partial charge >= 0.3 is 0 Å². The summed E-state index contributed by atoms with van der Waals surface area (Å²) in [5.41, 5.74) is 11.4. The van der Waals surface area contributed by atoms with Crippen molar-refractivity contribution in [1.29, 1.82) is 0 Å². The van der Waals surface area contributed by atoms with E-state index in [0.717, 1.165) is 24.8 Å². The normalized spacial score (nSPS) is 10.2. The van der Waals surface area contributed by atoms with Gasteiger partial charge in [-0.1, -0.05) is 32.3 Å². The van der Waals surface area contributed by atoms with Crippen LogP contribution in [0, 0.1) is 0 Å². The van der Waals surface area contributed by atoms with Crippen molar-refractivity contribution in [2.45, 2.75) is 39.0 Å². The Balaban J connectivity index is 2.72. The highest BCUT2D eigenvalue weighted by molar-refractivity contribution is 7.80. The first-order valence-corrected chi connectivity index (χ1v) is 6.82. The van der Waals surface area contributed by atoms with Crippen molar-refractivity contribution in [1.82, 2.24) is 5.43 Å². The van der Waals surface area contributed by atoms with E-state index in [2.05, 4.69) is 30.0 Å². The van der Waals surface area contributed by atoms with Gasteiger partial charge in [-0.3, -0.25) is 10.9 Å². The Hall–Kier alpha value is -1.69. The predicted molar refractivity (Wildman–Crippen MR) is 81.2 cm³/mol. The summed E-state index contributed by atoms with van der Waals surface area (Å²) < 4.78 is 0. The number of phenolic OH excluding ortho intramolecular Hbond substituents is 2. The van der Waals surface area contributed by atoms with Crippen molar-refractivity contribution in [2.75, 3.05) is 5.43 Å². The molecule has 0 atom stereocenters. The zero-order valence-electron chi connectivity index (χ0n) is 11.1. The number of anilines is 1. The first-order chi connectivity index (χ1) is 9.06. The van der Waals surface area contributed by atoms with Crippen molar-refractivity contribution in [2.24, 2.45) is 5.73 Å². The SMILES string of the molecule is CCCCCCc1ccc(O)c(NNC(N)=S)c1O. The van der Waals surface area contributed by atoms with Gasteiger partial charge in [0.1, 0.15) is 17.2 Å². The molecule has 0 amide bonds. The minimum atomic E-state index is -0.0569. The average molecular weight is 283 g/mol. The van der Waals surface area contributed by atoms with Crippen LogP contribution >= 0.6 is 12.2 Å². The van der Waals surface area contributed by atoms with E-state index < -0.39 is 0 Å². The van der Waals surface area contributed by atoms with Gasteiger partial charge in [0.15, 0.2) is 5.11 Å². The number of hydrogen-bond donors (Lipinski definition) is 5. The number of aryl methyl sites for hydroxylation is 1. The van der Waals surface area contributed by atoms with Crippen molar-refractivity contribution in [3.8, 4) is 11.5 Å². The van der Waals surface area contributed by atoms with E-state index in [0.29, 0.717) is 0 Å². The minimum absolute atomic E-state index is 0.0280. The number of unbranched alkanes of at least 4 members (excludes halogenated alkanes) is 3. The summed E-state index contributed by atoms with van der Waals surface area (Å²) in [4.78, 5) is 0. The zero-order valence-corrected chi connectivity index (χ0v) is 11.9. The Morgan fingerprint density at radius 1 is 1.26 bits per heavy atom. The molecule has 5 nitrogen and oxygen atoms in total. The standard InChI is InChI=1S/C13H21N3O2S/c1-2-3-4-5-6-9-7-8-10(17)11(12(9)18)15-16-13(14)19/h7-8,15,17-18H,2-6H2,1H3,(H3,14,16,19). The van der Waals surface area contributed by atoms with Gasteiger partial charge in [0.25, 0.3) is 0 Å². The van der Waals surface area contributed by atoms with Crippen LogP contribution in [0.4, 0.5) is 5.69 Å². The third-order valence-electron chi connectivity index (χ3n) is 2.85. The van der Waals surface area contributed by atoms with E-state index in [1.807, 2.05) is 0 Å². The maximum Gasteiger partial charge on any atom is 0.182 e. The number of aromatic hydroxyl groups is 2. The lowest BCUT2D eigenvalue weighted by Gasteiger charge is -2.14. The van der Waals surface area contributed by atoms with Crippen LogP contribution < -0.4 is 16.6 Å². The lowest BCUT2D eigenvalue weighted by Crippen LogP contribution is -2.34. The highest BCUT2D eigenvalue weighted by atomic mass is 32.1. The van der Waals surface area contributed by atoms with E-state index >= 15 is 0 Å². The van der Waals surface area contributed by atoms with Crippen LogP contribution in [-0.2, 0) is 6.42 Å². The zero-order chi connectivity index (χ0) is 14.3. The summed E-state index contributed by atoms with van der Waals surface area (Å²) in [6.45, 7) is 2.15. The number of nitrogens with one attached hydrogen (secondary N) is 2. The van der Waals surface area contributed by atoms with Gasteiger partial charge in [-0.15, -0.1) is 0 Å².